The molecule has 4 nitrogen and oxygen atoms in total. The minimum atomic E-state index is -0.173. The van der Waals surface area contributed by atoms with Gasteiger partial charge in [0, 0.05) is 19.3 Å². The third-order valence-corrected chi connectivity index (χ3v) is 2.20. The number of esters is 1. The molecule has 1 aromatic carbocycles. The number of hydrogen-bond donors (Lipinski definition) is 1. The monoisotopic (exact) mass is 237 g/mol. The van der Waals surface area contributed by atoms with Crippen LogP contribution in [0.15, 0.2) is 24.3 Å². The van der Waals surface area contributed by atoms with Crippen molar-refractivity contribution in [2.24, 2.45) is 0 Å². The quantitative estimate of drug-likeness (QED) is 0.738. The topological polar surface area (TPSA) is 47.6 Å². The van der Waals surface area contributed by atoms with Gasteiger partial charge in [-0.25, -0.2) is 0 Å². The third kappa shape index (κ3) is 5.36. The molecule has 0 aliphatic rings. The average Bonchev–Trinajstić information content (AvgIpc) is 2.30. The summed E-state index contributed by atoms with van der Waals surface area (Å²) in [4.78, 5) is 11.1. The van der Waals surface area contributed by atoms with E-state index in [1.54, 1.807) is 14.0 Å². The van der Waals surface area contributed by atoms with Crippen LogP contribution in [-0.2, 0) is 20.9 Å². The van der Waals surface area contributed by atoms with Crippen molar-refractivity contribution in [3.63, 3.8) is 0 Å². The van der Waals surface area contributed by atoms with Crippen molar-refractivity contribution in [3.8, 4) is 0 Å². The van der Waals surface area contributed by atoms with E-state index in [9.17, 15) is 4.79 Å². The summed E-state index contributed by atoms with van der Waals surface area (Å²) in [5.41, 5.74) is 2.09. The molecule has 0 saturated heterocycles. The largest absolute Gasteiger partial charge is 0.466 e. The zero-order valence-electron chi connectivity index (χ0n) is 10.4. The number of methoxy groups -OCH3 is 1. The molecule has 17 heavy (non-hydrogen) atoms. The van der Waals surface area contributed by atoms with Crippen molar-refractivity contribution in [2.45, 2.75) is 20.0 Å². The number of benzene rings is 1. The predicted molar refractivity (Wildman–Crippen MR) is 66.9 cm³/mol. The minimum absolute atomic E-state index is 0.173. The van der Waals surface area contributed by atoms with Gasteiger partial charge in [0.1, 0.15) is 0 Å². The van der Waals surface area contributed by atoms with E-state index >= 15 is 0 Å². The van der Waals surface area contributed by atoms with Gasteiger partial charge in [-0.1, -0.05) is 12.1 Å². The smallest absolute Gasteiger partial charge is 0.307 e. The molecule has 94 valence electrons. The lowest BCUT2D eigenvalue weighted by Gasteiger charge is -2.07. The molecule has 0 bridgehead atoms. The van der Waals surface area contributed by atoms with E-state index in [4.69, 9.17) is 9.47 Å². The highest BCUT2D eigenvalue weighted by atomic mass is 16.5. The number of anilines is 1. The van der Waals surface area contributed by atoms with Crippen molar-refractivity contribution in [2.75, 3.05) is 25.6 Å². The van der Waals surface area contributed by atoms with Crippen LogP contribution in [-0.4, -0.2) is 26.2 Å². The zero-order chi connectivity index (χ0) is 12.5. The highest BCUT2D eigenvalue weighted by Gasteiger charge is 2.01. The van der Waals surface area contributed by atoms with E-state index in [2.05, 4.69) is 5.32 Å². The second-order valence-corrected chi connectivity index (χ2v) is 3.62. The molecule has 4 heteroatoms. The Morgan fingerprint density at radius 2 is 2.24 bits per heavy atom. The summed E-state index contributed by atoms with van der Waals surface area (Å²) in [5, 5.41) is 3.18. The van der Waals surface area contributed by atoms with E-state index < -0.39 is 0 Å². The summed E-state index contributed by atoms with van der Waals surface area (Å²) < 4.78 is 9.90. The predicted octanol–water partition coefficient (Wildman–Crippen LogP) is 2.20. The molecule has 0 heterocycles. The molecular formula is C13H19NO3. The average molecular weight is 237 g/mol. The van der Waals surface area contributed by atoms with Gasteiger partial charge in [0.25, 0.3) is 0 Å². The van der Waals surface area contributed by atoms with Crippen LogP contribution in [0.4, 0.5) is 5.69 Å². The van der Waals surface area contributed by atoms with Gasteiger partial charge in [-0.05, 0) is 24.6 Å². The fourth-order valence-electron chi connectivity index (χ4n) is 1.48. The van der Waals surface area contributed by atoms with Gasteiger partial charge >= 0.3 is 5.97 Å². The summed E-state index contributed by atoms with van der Waals surface area (Å²) in [7, 11) is 1.67. The first-order valence-electron chi connectivity index (χ1n) is 5.73. The van der Waals surface area contributed by atoms with Crippen LogP contribution in [0.25, 0.3) is 0 Å². The van der Waals surface area contributed by atoms with Crippen LogP contribution in [0.5, 0.6) is 0 Å². The molecule has 0 saturated carbocycles. The van der Waals surface area contributed by atoms with Gasteiger partial charge in [0.2, 0.25) is 0 Å². The van der Waals surface area contributed by atoms with Gasteiger partial charge < -0.3 is 14.8 Å². The lowest BCUT2D eigenvalue weighted by Crippen LogP contribution is -2.11. The third-order valence-electron chi connectivity index (χ3n) is 2.20. The summed E-state index contributed by atoms with van der Waals surface area (Å²) >= 11 is 0. The van der Waals surface area contributed by atoms with E-state index in [-0.39, 0.29) is 5.97 Å². The summed E-state index contributed by atoms with van der Waals surface area (Å²) in [6.07, 6.45) is 0.377. The molecule has 0 spiro atoms. The Morgan fingerprint density at radius 3 is 2.94 bits per heavy atom. The maximum absolute atomic E-state index is 11.1. The van der Waals surface area contributed by atoms with Crippen LogP contribution in [0.3, 0.4) is 0 Å². The van der Waals surface area contributed by atoms with Crippen LogP contribution in [0.2, 0.25) is 0 Å². The van der Waals surface area contributed by atoms with Crippen molar-refractivity contribution in [3.05, 3.63) is 29.8 Å². The lowest BCUT2D eigenvalue weighted by atomic mass is 10.2. The second-order valence-electron chi connectivity index (χ2n) is 3.62. The number of carbonyl (C=O) groups excluding carboxylic acids is 1. The molecular weight excluding hydrogens is 218 g/mol. The summed E-state index contributed by atoms with van der Waals surface area (Å²) in [6, 6.07) is 7.93. The van der Waals surface area contributed by atoms with Crippen molar-refractivity contribution in [1.29, 1.82) is 0 Å². The normalized spacial score (nSPS) is 10.0. The Balaban J connectivity index is 2.35. The molecule has 0 fully saturated rings. The number of hydrogen-bond acceptors (Lipinski definition) is 4. The second kappa shape index (κ2) is 7.68. The maximum atomic E-state index is 11.1. The van der Waals surface area contributed by atoms with Gasteiger partial charge in [-0.3, -0.25) is 4.79 Å². The molecule has 0 aliphatic carbocycles. The van der Waals surface area contributed by atoms with Gasteiger partial charge in [-0.15, -0.1) is 0 Å². The van der Waals surface area contributed by atoms with Crippen LogP contribution < -0.4 is 5.32 Å². The van der Waals surface area contributed by atoms with Crippen LogP contribution in [0, 0.1) is 0 Å². The molecule has 1 rings (SSSR count). The van der Waals surface area contributed by atoms with Crippen molar-refractivity contribution < 1.29 is 14.3 Å². The highest BCUT2D eigenvalue weighted by molar-refractivity contribution is 5.70. The van der Waals surface area contributed by atoms with Gasteiger partial charge in [-0.2, -0.15) is 0 Å². The first kappa shape index (κ1) is 13.5. The Labute approximate surface area is 102 Å². The van der Waals surface area contributed by atoms with E-state index in [0.717, 1.165) is 11.3 Å². The van der Waals surface area contributed by atoms with E-state index in [1.807, 2.05) is 24.3 Å². The molecule has 0 unspecified atom stereocenters. The zero-order valence-corrected chi connectivity index (χ0v) is 10.4. The highest BCUT2D eigenvalue weighted by Crippen LogP contribution is 2.11. The fourth-order valence-corrected chi connectivity index (χ4v) is 1.48. The molecule has 0 amide bonds. The van der Waals surface area contributed by atoms with E-state index in [0.29, 0.717) is 26.2 Å². The van der Waals surface area contributed by atoms with Gasteiger partial charge in [0.15, 0.2) is 0 Å². The number of carbonyl (C=O) groups is 1. The first-order chi connectivity index (χ1) is 8.26. The summed E-state index contributed by atoms with van der Waals surface area (Å²) in [6.45, 7) is 3.41. The maximum Gasteiger partial charge on any atom is 0.307 e. The number of rotatable bonds is 7. The summed E-state index contributed by atoms with van der Waals surface area (Å²) in [5.74, 6) is -0.173. The van der Waals surface area contributed by atoms with Gasteiger partial charge in [0.05, 0.1) is 19.6 Å². The van der Waals surface area contributed by atoms with Crippen molar-refractivity contribution >= 4 is 11.7 Å². The Kier molecular flexibility index (Phi) is 6.10. The van der Waals surface area contributed by atoms with Crippen LogP contribution in [0.1, 0.15) is 18.9 Å². The Morgan fingerprint density at radius 1 is 1.41 bits per heavy atom. The van der Waals surface area contributed by atoms with Crippen molar-refractivity contribution in [1.82, 2.24) is 0 Å². The molecule has 1 N–H and O–H groups in total. The Hall–Kier alpha value is -1.55. The molecule has 1 aromatic rings. The lowest BCUT2D eigenvalue weighted by molar-refractivity contribution is -0.142. The first-order valence-corrected chi connectivity index (χ1v) is 5.73. The minimum Gasteiger partial charge on any atom is -0.466 e. The van der Waals surface area contributed by atoms with E-state index in [1.165, 1.54) is 0 Å². The number of ether oxygens (including phenoxy) is 2. The molecule has 0 radical (unpaired) electrons. The fraction of sp³-hybridized carbons (Fsp3) is 0.462. The SMILES string of the molecule is CCOC(=O)CCNc1cccc(COC)c1. The number of nitrogens with one attached hydrogen (secondary N) is 1. The Bertz CT molecular complexity index is 352. The molecule has 0 atom stereocenters. The molecule has 0 aromatic heterocycles. The van der Waals surface area contributed by atoms with Crippen LogP contribution >= 0.6 is 0 Å². The standard InChI is InChI=1S/C13H19NO3/c1-3-17-13(15)7-8-14-12-6-4-5-11(9-12)10-16-2/h4-6,9,14H,3,7-8,10H2,1-2H3. The molecule has 0 aliphatic heterocycles.